The van der Waals surface area contributed by atoms with Crippen molar-refractivity contribution in [1.29, 1.82) is 0 Å². The van der Waals surface area contributed by atoms with Gasteiger partial charge in [-0.3, -0.25) is 4.79 Å². The normalized spacial score (nSPS) is 15.6. The second-order valence-corrected chi connectivity index (χ2v) is 10.7. The van der Waals surface area contributed by atoms with Crippen LogP contribution in [0.1, 0.15) is 74.6 Å². The highest BCUT2D eigenvalue weighted by Gasteiger charge is 2.40. The number of nitrogens with one attached hydrogen (secondary N) is 1. The van der Waals surface area contributed by atoms with E-state index >= 15 is 0 Å². The van der Waals surface area contributed by atoms with Crippen LogP contribution in [-0.4, -0.2) is 5.91 Å². The summed E-state index contributed by atoms with van der Waals surface area (Å²) in [5.74, 6) is 0.0953. The SMILES string of the molecule is CC/C=C\C(Cl)=C/N.CCCC[C@@](Cc1ccccc1)(NC(=O)C1CC1)c1cccc(C(F)(F)P)c1C. The lowest BCUT2D eigenvalue weighted by Crippen LogP contribution is -2.49. The molecule has 0 spiro atoms. The van der Waals surface area contributed by atoms with Gasteiger partial charge in [0.15, 0.2) is 0 Å². The maximum atomic E-state index is 14.2. The van der Waals surface area contributed by atoms with Gasteiger partial charge in [-0.2, -0.15) is 8.78 Å². The molecule has 0 aromatic heterocycles. The largest absolute Gasteiger partial charge is 0.403 e. The van der Waals surface area contributed by atoms with Crippen LogP contribution in [-0.2, 0) is 22.4 Å². The van der Waals surface area contributed by atoms with Crippen LogP contribution in [0.2, 0.25) is 0 Å². The van der Waals surface area contributed by atoms with E-state index in [0.717, 1.165) is 43.2 Å². The van der Waals surface area contributed by atoms with Gasteiger partial charge in [0.25, 0.3) is 5.66 Å². The average molecular weight is 549 g/mol. The monoisotopic (exact) mass is 548 g/mol. The molecule has 1 unspecified atom stereocenters. The third kappa shape index (κ3) is 9.54. The molecule has 1 amide bonds. The van der Waals surface area contributed by atoms with E-state index < -0.39 is 11.2 Å². The second-order valence-electron chi connectivity index (χ2n) is 9.57. The summed E-state index contributed by atoms with van der Waals surface area (Å²) in [5.41, 5.74) is 3.78. The van der Waals surface area contributed by atoms with E-state index in [-0.39, 0.29) is 17.4 Å². The number of rotatable bonds is 11. The van der Waals surface area contributed by atoms with Crippen LogP contribution in [0.25, 0.3) is 0 Å². The van der Waals surface area contributed by atoms with Crippen LogP contribution in [0.3, 0.4) is 0 Å². The van der Waals surface area contributed by atoms with Crippen LogP contribution in [0.5, 0.6) is 0 Å². The number of benzene rings is 2. The molecule has 3 nitrogen and oxygen atoms in total. The lowest BCUT2D eigenvalue weighted by molar-refractivity contribution is -0.124. The van der Waals surface area contributed by atoms with Crippen molar-refractivity contribution < 1.29 is 13.6 Å². The molecule has 1 aliphatic rings. The van der Waals surface area contributed by atoms with Gasteiger partial charge in [0, 0.05) is 17.7 Å². The molecule has 0 saturated heterocycles. The Morgan fingerprint density at radius 1 is 1.14 bits per heavy atom. The van der Waals surface area contributed by atoms with Crippen molar-refractivity contribution in [3.63, 3.8) is 0 Å². The quantitative estimate of drug-likeness (QED) is 0.220. The highest BCUT2D eigenvalue weighted by Crippen LogP contribution is 2.42. The number of hydrogen-bond acceptors (Lipinski definition) is 2. The number of carbonyl (C=O) groups excluding carboxylic acids is 1. The van der Waals surface area contributed by atoms with E-state index in [1.807, 2.05) is 49.4 Å². The zero-order chi connectivity index (χ0) is 27.5. The van der Waals surface area contributed by atoms with E-state index in [2.05, 4.69) is 12.2 Å². The molecule has 3 N–H and O–H groups in total. The molecule has 1 fully saturated rings. The van der Waals surface area contributed by atoms with Gasteiger partial charge in [-0.1, -0.05) is 102 Å². The Hall–Kier alpha value is -2.23. The lowest BCUT2D eigenvalue weighted by atomic mass is 9.76. The third-order valence-corrected chi connectivity index (χ3v) is 7.06. The zero-order valence-electron chi connectivity index (χ0n) is 22.1. The standard InChI is InChI=1S/C24H30F2NOP.C6H10ClN/c1-3-4-15-23(27-22(28)19-13-14-19,16-18-9-6-5-7-10-18)20-11-8-12-21(17(20)2)24(25,26)29;1-2-3-4-6(7)5-8/h5-12,19H,3-4,13-16,29H2,1-2H3,(H,27,28);3-5H,2,8H2,1H3/b;4-3-,6-5+/t23-;/m0./s1. The number of unbranched alkanes of at least 4 members (excludes halogenated alkanes) is 1. The minimum Gasteiger partial charge on any atom is -0.403 e. The Morgan fingerprint density at radius 3 is 2.32 bits per heavy atom. The van der Waals surface area contributed by atoms with Crippen molar-refractivity contribution in [3.8, 4) is 0 Å². The first kappa shape index (κ1) is 31.0. The number of alkyl halides is 2. The van der Waals surface area contributed by atoms with Crippen LogP contribution in [0, 0.1) is 12.8 Å². The summed E-state index contributed by atoms with van der Waals surface area (Å²) in [4.78, 5) is 12.9. The summed E-state index contributed by atoms with van der Waals surface area (Å²) in [6.07, 6.45) is 11.1. The molecule has 37 heavy (non-hydrogen) atoms. The van der Waals surface area contributed by atoms with Crippen LogP contribution in [0.4, 0.5) is 8.78 Å². The van der Waals surface area contributed by atoms with Crippen LogP contribution in [0.15, 0.2) is 71.9 Å². The maximum Gasteiger partial charge on any atom is 0.284 e. The van der Waals surface area contributed by atoms with Gasteiger partial charge in [-0.25, -0.2) is 0 Å². The molecule has 2 aromatic rings. The van der Waals surface area contributed by atoms with E-state index in [4.69, 9.17) is 17.3 Å². The predicted octanol–water partition coefficient (Wildman–Crippen LogP) is 8.07. The van der Waals surface area contributed by atoms with Gasteiger partial charge in [0.2, 0.25) is 5.91 Å². The third-order valence-electron chi connectivity index (χ3n) is 6.50. The number of halogens is 3. The summed E-state index contributed by atoms with van der Waals surface area (Å²) < 4.78 is 28.5. The summed E-state index contributed by atoms with van der Waals surface area (Å²) in [6, 6.07) is 15.0. The van der Waals surface area contributed by atoms with Gasteiger partial charge in [-0.05, 0) is 61.8 Å². The molecule has 1 aliphatic carbocycles. The molecule has 3 rings (SSSR count). The minimum absolute atomic E-state index is 0.00499. The molecule has 202 valence electrons. The number of allylic oxidation sites excluding steroid dienone is 3. The molecular weight excluding hydrogens is 509 g/mol. The van der Waals surface area contributed by atoms with Crippen molar-refractivity contribution in [2.45, 2.75) is 76.9 Å². The Kier molecular flexibility index (Phi) is 12.3. The molecule has 0 aliphatic heterocycles. The van der Waals surface area contributed by atoms with Crippen molar-refractivity contribution in [1.82, 2.24) is 5.32 Å². The summed E-state index contributed by atoms with van der Waals surface area (Å²) in [7, 11) is 1.64. The van der Waals surface area contributed by atoms with Gasteiger partial charge < -0.3 is 11.1 Å². The molecular formula is C30H40ClF2N2OP. The van der Waals surface area contributed by atoms with Crippen molar-refractivity contribution >= 4 is 26.7 Å². The van der Waals surface area contributed by atoms with Crippen LogP contribution < -0.4 is 11.1 Å². The highest BCUT2D eigenvalue weighted by molar-refractivity contribution is 7.17. The summed E-state index contributed by atoms with van der Waals surface area (Å²) in [6.45, 7) is 5.89. The van der Waals surface area contributed by atoms with E-state index in [9.17, 15) is 13.6 Å². The lowest BCUT2D eigenvalue weighted by Gasteiger charge is -2.38. The van der Waals surface area contributed by atoms with Crippen molar-refractivity contribution in [2.24, 2.45) is 11.7 Å². The van der Waals surface area contributed by atoms with Gasteiger partial charge >= 0.3 is 0 Å². The van der Waals surface area contributed by atoms with Crippen LogP contribution >= 0.6 is 20.8 Å². The maximum absolute atomic E-state index is 14.2. The smallest absolute Gasteiger partial charge is 0.284 e. The number of nitrogens with two attached hydrogens (primary N) is 1. The number of hydrogen-bond donors (Lipinski definition) is 2. The molecule has 0 radical (unpaired) electrons. The van der Waals surface area contributed by atoms with E-state index in [0.29, 0.717) is 23.4 Å². The van der Waals surface area contributed by atoms with Gasteiger partial charge in [0.1, 0.15) is 0 Å². The fourth-order valence-corrected chi connectivity index (χ4v) is 4.80. The first-order valence-electron chi connectivity index (χ1n) is 12.9. The van der Waals surface area contributed by atoms with Crippen molar-refractivity contribution in [2.75, 3.05) is 0 Å². The summed E-state index contributed by atoms with van der Waals surface area (Å²) >= 11 is 5.49. The summed E-state index contributed by atoms with van der Waals surface area (Å²) in [5, 5.41) is 3.91. The fraction of sp³-hybridized carbons (Fsp3) is 0.433. The first-order valence-corrected chi connectivity index (χ1v) is 13.9. The van der Waals surface area contributed by atoms with Gasteiger partial charge in [0.05, 0.1) is 10.6 Å². The Morgan fingerprint density at radius 2 is 1.78 bits per heavy atom. The topological polar surface area (TPSA) is 55.1 Å². The average Bonchev–Trinajstić information content (AvgIpc) is 3.72. The second kappa shape index (κ2) is 14.6. The van der Waals surface area contributed by atoms with Crippen molar-refractivity contribution in [3.05, 3.63) is 94.2 Å². The Labute approximate surface area is 228 Å². The Bertz CT molecular complexity index is 1060. The number of amides is 1. The molecule has 1 saturated carbocycles. The molecule has 7 heteroatoms. The fourth-order valence-electron chi connectivity index (χ4n) is 4.40. The predicted molar refractivity (Wildman–Crippen MR) is 155 cm³/mol. The highest BCUT2D eigenvalue weighted by atomic mass is 35.5. The van der Waals surface area contributed by atoms with E-state index in [1.54, 1.807) is 28.3 Å². The number of carbonyl (C=O) groups is 1. The Balaban J connectivity index is 0.000000521. The molecule has 2 atom stereocenters. The molecule has 2 aromatic carbocycles. The van der Waals surface area contributed by atoms with Gasteiger partial charge in [-0.15, -0.1) is 0 Å². The first-order chi connectivity index (χ1) is 17.6. The zero-order valence-corrected chi connectivity index (χ0v) is 24.0. The van der Waals surface area contributed by atoms with E-state index in [1.165, 1.54) is 12.3 Å². The minimum atomic E-state index is -3.01. The molecule has 0 bridgehead atoms. The molecule has 0 heterocycles.